The van der Waals surface area contributed by atoms with Gasteiger partial charge in [-0.25, -0.2) is 9.59 Å². The molecule has 6 N–H and O–H groups in total. The molecular weight excluding hydrogens is 232 g/mol. The van der Waals surface area contributed by atoms with E-state index in [4.69, 9.17) is 20.4 Å². The molecule has 1 saturated heterocycles. The quantitative estimate of drug-likeness (QED) is 0.321. The first-order valence-corrected chi connectivity index (χ1v) is 5.12. The van der Waals surface area contributed by atoms with E-state index >= 15 is 0 Å². The van der Waals surface area contributed by atoms with E-state index in [2.05, 4.69) is 17.6 Å². The number of rotatable bonds is 3. The molecule has 1 aliphatic heterocycles. The molecule has 1 fully saturated rings. The van der Waals surface area contributed by atoms with E-state index < -0.39 is 24.1 Å². The van der Waals surface area contributed by atoms with Crippen molar-refractivity contribution in [2.75, 3.05) is 19.6 Å². The van der Waals surface area contributed by atoms with E-state index in [1.165, 1.54) is 0 Å². The molecule has 0 aromatic carbocycles. The fraction of sp³-hybridized carbons (Fsp3) is 0.778. The van der Waals surface area contributed by atoms with E-state index in [1.807, 2.05) is 0 Å². The van der Waals surface area contributed by atoms with Crippen molar-refractivity contribution in [1.29, 1.82) is 0 Å². The molecule has 1 rings (SSSR count). The van der Waals surface area contributed by atoms with Crippen molar-refractivity contribution in [3.05, 3.63) is 0 Å². The molecule has 3 atom stereocenters. The number of carboxylic acids is 2. The van der Waals surface area contributed by atoms with Gasteiger partial charge in [0.2, 0.25) is 0 Å². The predicted molar refractivity (Wildman–Crippen MR) is 57.6 cm³/mol. The summed E-state index contributed by atoms with van der Waals surface area (Å²) >= 11 is 0. The van der Waals surface area contributed by atoms with Crippen molar-refractivity contribution in [3.63, 3.8) is 0 Å². The number of hydrogen-bond acceptors (Lipinski definition) is 6. The van der Waals surface area contributed by atoms with Gasteiger partial charge >= 0.3 is 11.9 Å². The standard InChI is InChI=1S/C5H12N2.C4H6O6/c1-5-4-6-2-3-7-5;5-1(3(7)8)2(6)4(9)10/h5-7H,2-4H2,1H3;1-2,5-6H,(H,7,8)(H,9,10)/t;1-,2?/m.0/s1. The Kier molecular flexibility index (Phi) is 7.39. The first-order valence-electron chi connectivity index (χ1n) is 5.12. The third-order valence-electron chi connectivity index (χ3n) is 2.05. The molecule has 0 aliphatic carbocycles. The Bertz CT molecular complexity index is 236. The minimum atomic E-state index is -2.27. The highest BCUT2D eigenvalue weighted by Gasteiger charge is 2.29. The Morgan fingerprint density at radius 1 is 1.12 bits per heavy atom. The maximum Gasteiger partial charge on any atom is 0.335 e. The zero-order valence-electron chi connectivity index (χ0n) is 9.46. The third kappa shape index (κ3) is 6.84. The lowest BCUT2D eigenvalue weighted by atomic mass is 10.2. The number of piperazine rings is 1. The van der Waals surface area contributed by atoms with Gasteiger partial charge in [0.15, 0.2) is 12.2 Å². The summed E-state index contributed by atoms with van der Waals surface area (Å²) in [5, 5.41) is 39.1. The molecule has 1 aliphatic rings. The van der Waals surface area contributed by atoms with Crippen molar-refractivity contribution < 1.29 is 30.0 Å². The third-order valence-corrected chi connectivity index (χ3v) is 2.05. The molecule has 0 amide bonds. The summed E-state index contributed by atoms with van der Waals surface area (Å²) in [5.41, 5.74) is 0. The fourth-order valence-corrected chi connectivity index (χ4v) is 1.07. The second kappa shape index (κ2) is 7.96. The number of aliphatic carboxylic acids is 2. The smallest absolute Gasteiger partial charge is 0.335 e. The van der Waals surface area contributed by atoms with Crippen LogP contribution >= 0.6 is 0 Å². The van der Waals surface area contributed by atoms with Crippen LogP contribution in [0.5, 0.6) is 0 Å². The zero-order chi connectivity index (χ0) is 13.4. The molecule has 0 bridgehead atoms. The summed E-state index contributed by atoms with van der Waals surface area (Å²) in [4.78, 5) is 19.5. The average molecular weight is 250 g/mol. The maximum absolute atomic E-state index is 9.77. The van der Waals surface area contributed by atoms with Crippen LogP contribution in [-0.2, 0) is 9.59 Å². The highest BCUT2D eigenvalue weighted by molar-refractivity contribution is 5.83. The minimum absolute atomic E-state index is 0.675. The van der Waals surface area contributed by atoms with E-state index in [9.17, 15) is 9.59 Å². The highest BCUT2D eigenvalue weighted by atomic mass is 16.4. The molecule has 0 spiro atoms. The van der Waals surface area contributed by atoms with Crippen LogP contribution in [-0.4, -0.2) is 70.2 Å². The molecule has 2 unspecified atom stereocenters. The van der Waals surface area contributed by atoms with Crippen LogP contribution in [0, 0.1) is 0 Å². The summed E-state index contributed by atoms with van der Waals surface area (Å²) in [5.74, 6) is -3.54. The fourth-order valence-electron chi connectivity index (χ4n) is 1.07. The van der Waals surface area contributed by atoms with Crippen molar-refractivity contribution in [2.45, 2.75) is 25.2 Å². The first kappa shape index (κ1) is 15.8. The molecular formula is C9H18N2O6. The lowest BCUT2D eigenvalue weighted by molar-refractivity contribution is -0.165. The molecule has 0 aromatic rings. The lowest BCUT2D eigenvalue weighted by Gasteiger charge is -2.19. The predicted octanol–water partition coefficient (Wildman–Crippen LogP) is -2.55. The molecule has 8 heteroatoms. The van der Waals surface area contributed by atoms with E-state index in [0.717, 1.165) is 19.6 Å². The number of nitrogens with one attached hydrogen (secondary N) is 2. The Hall–Kier alpha value is -1.22. The second-order valence-electron chi connectivity index (χ2n) is 3.63. The number of carboxylic acid groups (broad SMARTS) is 2. The van der Waals surface area contributed by atoms with Crippen molar-refractivity contribution in [2.24, 2.45) is 0 Å². The van der Waals surface area contributed by atoms with Crippen molar-refractivity contribution in [3.8, 4) is 0 Å². The normalized spacial score (nSPS) is 22.9. The number of aliphatic hydroxyl groups is 2. The molecule has 100 valence electrons. The highest BCUT2D eigenvalue weighted by Crippen LogP contribution is 1.92. The van der Waals surface area contributed by atoms with Gasteiger partial charge in [0.1, 0.15) is 0 Å². The van der Waals surface area contributed by atoms with E-state index in [0.29, 0.717) is 6.04 Å². The zero-order valence-corrected chi connectivity index (χ0v) is 9.46. The van der Waals surface area contributed by atoms with Crippen molar-refractivity contribution >= 4 is 11.9 Å². The average Bonchev–Trinajstić information content (AvgIpc) is 2.28. The molecule has 1 heterocycles. The van der Waals surface area contributed by atoms with Crippen LogP contribution in [0.25, 0.3) is 0 Å². The molecule has 8 nitrogen and oxygen atoms in total. The summed E-state index contributed by atoms with van der Waals surface area (Å²) in [6.07, 6.45) is -4.53. The van der Waals surface area contributed by atoms with Crippen LogP contribution in [0.1, 0.15) is 6.92 Å². The Balaban J connectivity index is 0.000000318. The van der Waals surface area contributed by atoms with Gasteiger partial charge in [-0.15, -0.1) is 0 Å². The van der Waals surface area contributed by atoms with Gasteiger partial charge in [-0.3, -0.25) is 0 Å². The largest absolute Gasteiger partial charge is 0.479 e. The van der Waals surface area contributed by atoms with Crippen LogP contribution in [0.4, 0.5) is 0 Å². The summed E-state index contributed by atoms with van der Waals surface area (Å²) in [6, 6.07) is 0.675. The van der Waals surface area contributed by atoms with E-state index in [1.54, 1.807) is 0 Å². The SMILES string of the molecule is CC1CNCCN1.O=C(O)C(O)[C@H](O)C(=O)O. The minimum Gasteiger partial charge on any atom is -0.479 e. The molecule has 0 radical (unpaired) electrons. The Morgan fingerprint density at radius 3 is 1.76 bits per heavy atom. The topological polar surface area (TPSA) is 139 Å². The van der Waals surface area contributed by atoms with Crippen LogP contribution in [0.3, 0.4) is 0 Å². The van der Waals surface area contributed by atoms with Gasteiger partial charge in [-0.2, -0.15) is 0 Å². The monoisotopic (exact) mass is 250 g/mol. The molecule has 0 aromatic heterocycles. The molecule has 0 saturated carbocycles. The lowest BCUT2D eigenvalue weighted by Crippen LogP contribution is -2.46. The van der Waals surface area contributed by atoms with Crippen LogP contribution in [0.2, 0.25) is 0 Å². The summed E-state index contributed by atoms with van der Waals surface area (Å²) < 4.78 is 0. The Morgan fingerprint density at radius 2 is 1.59 bits per heavy atom. The Labute approximate surface area is 98.3 Å². The van der Waals surface area contributed by atoms with Crippen molar-refractivity contribution in [1.82, 2.24) is 10.6 Å². The number of hydrogen-bond donors (Lipinski definition) is 6. The van der Waals surface area contributed by atoms with Crippen LogP contribution in [0.15, 0.2) is 0 Å². The van der Waals surface area contributed by atoms with Gasteiger partial charge in [-0.1, -0.05) is 0 Å². The number of carbonyl (C=O) groups is 2. The van der Waals surface area contributed by atoms with E-state index in [-0.39, 0.29) is 0 Å². The first-order chi connectivity index (χ1) is 7.86. The maximum atomic E-state index is 9.77. The van der Waals surface area contributed by atoms with Gasteiger partial charge in [0.25, 0.3) is 0 Å². The van der Waals surface area contributed by atoms with Gasteiger partial charge in [-0.05, 0) is 6.92 Å². The van der Waals surface area contributed by atoms with Gasteiger partial charge in [0, 0.05) is 25.7 Å². The number of aliphatic hydroxyl groups excluding tert-OH is 2. The second-order valence-corrected chi connectivity index (χ2v) is 3.63. The molecule has 17 heavy (non-hydrogen) atoms. The summed E-state index contributed by atoms with van der Waals surface area (Å²) in [7, 11) is 0. The van der Waals surface area contributed by atoms with Gasteiger partial charge in [0.05, 0.1) is 0 Å². The van der Waals surface area contributed by atoms with Gasteiger partial charge < -0.3 is 31.1 Å². The van der Waals surface area contributed by atoms with Crippen LogP contribution < -0.4 is 10.6 Å². The summed E-state index contributed by atoms with van der Waals surface area (Å²) in [6.45, 7) is 5.57.